The van der Waals surface area contributed by atoms with Crippen LogP contribution in [-0.4, -0.2) is 29.9 Å². The third-order valence-corrected chi connectivity index (χ3v) is 7.83. The van der Waals surface area contributed by atoms with Gasteiger partial charge in [0.25, 0.3) is 0 Å². The van der Waals surface area contributed by atoms with Gasteiger partial charge in [0.1, 0.15) is 5.69 Å². The van der Waals surface area contributed by atoms with Gasteiger partial charge in [-0.15, -0.1) is 0 Å². The maximum atomic E-state index is 11.5. The van der Waals surface area contributed by atoms with E-state index in [1.807, 2.05) is 74.6 Å². The number of aromatic amines is 1. The number of benzene rings is 4. The average Bonchev–Trinajstić information content (AvgIpc) is 3.42. The Kier molecular flexibility index (Phi) is 6.64. The predicted molar refractivity (Wildman–Crippen MR) is 169 cm³/mol. The van der Waals surface area contributed by atoms with Gasteiger partial charge in [0.2, 0.25) is 10.0 Å². The molecule has 0 aliphatic rings. The van der Waals surface area contributed by atoms with Gasteiger partial charge in [-0.3, -0.25) is 14.8 Å². The van der Waals surface area contributed by atoms with Crippen LogP contribution in [0.1, 0.15) is 19.4 Å². The zero-order valence-corrected chi connectivity index (χ0v) is 24.1. The third kappa shape index (κ3) is 5.40. The third-order valence-electron chi connectivity index (χ3n) is 7.23. The summed E-state index contributed by atoms with van der Waals surface area (Å²) in [7, 11) is -3.33. The van der Waals surface area contributed by atoms with Crippen molar-refractivity contribution in [1.82, 2.24) is 15.2 Å². The molecule has 0 atom stereocenters. The lowest BCUT2D eigenvalue weighted by molar-refractivity contribution is 0.607. The SMILES string of the molecule is CC(C)(C#N)c1ccc(-c2n[nH]c3cnc4ccc(-c5cccc(Nc6ccc(NS(C)(=O)=O)cc6)c5)cc4c23)cc1. The molecule has 0 aliphatic heterocycles. The quantitative estimate of drug-likeness (QED) is 0.184. The number of H-pyrrole nitrogens is 1. The van der Waals surface area contributed by atoms with Gasteiger partial charge >= 0.3 is 0 Å². The topological polar surface area (TPSA) is 124 Å². The summed E-state index contributed by atoms with van der Waals surface area (Å²) in [6.07, 6.45) is 2.93. The van der Waals surface area contributed by atoms with E-state index in [-0.39, 0.29) is 0 Å². The van der Waals surface area contributed by atoms with Crippen LogP contribution >= 0.6 is 0 Å². The number of pyridine rings is 1. The Bertz CT molecular complexity index is 2090. The van der Waals surface area contributed by atoms with Gasteiger partial charge in [0.05, 0.1) is 35.0 Å². The first kappa shape index (κ1) is 27.0. The van der Waals surface area contributed by atoms with Crippen LogP contribution < -0.4 is 10.0 Å². The maximum Gasteiger partial charge on any atom is 0.229 e. The standard InChI is InChI=1S/C33H28N6O2S/c1-33(2,20-34)24-10-7-21(8-11-24)32-31-28-18-23(9-16-29(28)35-19-30(31)37-38-32)22-5-4-6-27(17-22)36-25-12-14-26(15-13-25)39-42(3,40)41/h4-19,36,39H,1-3H3,(H,37,38). The lowest BCUT2D eigenvalue weighted by Gasteiger charge is -2.15. The second-order valence-corrected chi connectivity index (χ2v) is 12.6. The molecule has 8 nitrogen and oxygen atoms in total. The highest BCUT2D eigenvalue weighted by Crippen LogP contribution is 2.35. The molecule has 0 saturated heterocycles. The summed E-state index contributed by atoms with van der Waals surface area (Å²) in [5.41, 5.74) is 8.20. The molecule has 0 radical (unpaired) electrons. The summed E-state index contributed by atoms with van der Waals surface area (Å²) in [6, 6.07) is 31.8. The molecule has 42 heavy (non-hydrogen) atoms. The molecule has 0 bridgehead atoms. The molecule has 4 aromatic carbocycles. The number of nitriles is 1. The fourth-order valence-corrected chi connectivity index (χ4v) is 5.55. The van der Waals surface area contributed by atoms with Gasteiger partial charge in [0.15, 0.2) is 0 Å². The number of hydrogen-bond acceptors (Lipinski definition) is 6. The summed E-state index contributed by atoms with van der Waals surface area (Å²) in [5, 5.41) is 22.7. The Labute approximate surface area is 244 Å². The molecule has 0 unspecified atom stereocenters. The van der Waals surface area contributed by atoms with Crippen LogP contribution in [0.2, 0.25) is 0 Å². The molecule has 0 spiro atoms. The fraction of sp³-hybridized carbons (Fsp3) is 0.121. The van der Waals surface area contributed by atoms with E-state index in [2.05, 4.69) is 55.6 Å². The molecule has 9 heteroatoms. The zero-order chi connectivity index (χ0) is 29.5. The van der Waals surface area contributed by atoms with Crippen molar-refractivity contribution in [2.45, 2.75) is 19.3 Å². The van der Waals surface area contributed by atoms with Gasteiger partial charge in [-0.1, -0.05) is 42.5 Å². The summed E-state index contributed by atoms with van der Waals surface area (Å²) in [6.45, 7) is 3.82. The number of sulfonamides is 1. The smallest absolute Gasteiger partial charge is 0.229 e. The van der Waals surface area contributed by atoms with E-state index in [9.17, 15) is 13.7 Å². The van der Waals surface area contributed by atoms with E-state index in [0.29, 0.717) is 5.69 Å². The predicted octanol–water partition coefficient (Wildman–Crippen LogP) is 7.36. The van der Waals surface area contributed by atoms with E-state index in [1.165, 1.54) is 0 Å². The molecule has 3 N–H and O–H groups in total. The molecule has 0 amide bonds. The average molecular weight is 573 g/mol. The number of rotatable bonds is 7. The highest BCUT2D eigenvalue weighted by Gasteiger charge is 2.20. The normalized spacial score (nSPS) is 11.9. The number of aromatic nitrogens is 3. The van der Waals surface area contributed by atoms with Crippen LogP contribution in [0.3, 0.4) is 0 Å². The highest BCUT2D eigenvalue weighted by atomic mass is 32.2. The maximum absolute atomic E-state index is 11.5. The Morgan fingerprint density at radius 1 is 0.833 bits per heavy atom. The van der Waals surface area contributed by atoms with E-state index in [4.69, 9.17) is 0 Å². The first-order chi connectivity index (χ1) is 20.1. The Morgan fingerprint density at radius 2 is 1.52 bits per heavy atom. The molecular weight excluding hydrogens is 544 g/mol. The van der Waals surface area contributed by atoms with Crippen LogP contribution in [0, 0.1) is 11.3 Å². The van der Waals surface area contributed by atoms with Crippen LogP contribution in [0.25, 0.3) is 44.2 Å². The van der Waals surface area contributed by atoms with Crippen molar-refractivity contribution in [2.75, 3.05) is 16.3 Å². The van der Waals surface area contributed by atoms with Gasteiger partial charge < -0.3 is 5.32 Å². The van der Waals surface area contributed by atoms with Crippen molar-refractivity contribution >= 4 is 48.9 Å². The first-order valence-electron chi connectivity index (χ1n) is 13.3. The number of anilines is 3. The summed E-state index contributed by atoms with van der Waals surface area (Å²) >= 11 is 0. The monoisotopic (exact) mass is 572 g/mol. The largest absolute Gasteiger partial charge is 0.356 e. The molecule has 0 saturated carbocycles. The van der Waals surface area contributed by atoms with Crippen molar-refractivity contribution in [3.8, 4) is 28.5 Å². The van der Waals surface area contributed by atoms with Crippen LogP contribution in [0.4, 0.5) is 17.1 Å². The van der Waals surface area contributed by atoms with Gasteiger partial charge in [-0.05, 0) is 79.1 Å². The van der Waals surface area contributed by atoms with E-state index >= 15 is 0 Å². The van der Waals surface area contributed by atoms with Crippen LogP contribution in [0.5, 0.6) is 0 Å². The van der Waals surface area contributed by atoms with E-state index in [1.54, 1.807) is 12.1 Å². The van der Waals surface area contributed by atoms with Crippen molar-refractivity contribution in [2.24, 2.45) is 0 Å². The second kappa shape index (κ2) is 10.3. The first-order valence-corrected chi connectivity index (χ1v) is 15.2. The molecule has 6 aromatic rings. The van der Waals surface area contributed by atoms with Crippen LogP contribution in [0.15, 0.2) is 97.2 Å². The lowest BCUT2D eigenvalue weighted by Crippen LogP contribution is -2.13. The van der Waals surface area contributed by atoms with Gasteiger partial charge in [-0.25, -0.2) is 8.42 Å². The summed E-state index contributed by atoms with van der Waals surface area (Å²) in [5.74, 6) is 0. The molecule has 2 aromatic heterocycles. The minimum absolute atomic E-state index is 0.508. The Morgan fingerprint density at radius 3 is 2.24 bits per heavy atom. The molecular formula is C33H28N6O2S. The number of fused-ring (bicyclic) bond motifs is 3. The van der Waals surface area contributed by atoms with Crippen molar-refractivity contribution < 1.29 is 8.42 Å². The van der Waals surface area contributed by atoms with Crippen molar-refractivity contribution in [3.63, 3.8) is 0 Å². The number of nitrogens with zero attached hydrogens (tertiary/aromatic N) is 3. The lowest BCUT2D eigenvalue weighted by atomic mass is 9.86. The molecule has 6 rings (SSSR count). The number of nitrogens with one attached hydrogen (secondary N) is 3. The van der Waals surface area contributed by atoms with Crippen molar-refractivity contribution in [3.05, 3.63) is 103 Å². The fourth-order valence-electron chi connectivity index (χ4n) is 4.98. The van der Waals surface area contributed by atoms with Gasteiger partial charge in [0, 0.05) is 33.4 Å². The Hall–Kier alpha value is -5.20. The summed E-state index contributed by atoms with van der Waals surface area (Å²) < 4.78 is 25.5. The molecule has 2 heterocycles. The second-order valence-electron chi connectivity index (χ2n) is 10.8. The molecule has 208 valence electrons. The van der Waals surface area contributed by atoms with Crippen molar-refractivity contribution in [1.29, 1.82) is 5.26 Å². The van der Waals surface area contributed by atoms with E-state index < -0.39 is 15.4 Å². The minimum Gasteiger partial charge on any atom is -0.356 e. The number of hydrogen-bond donors (Lipinski definition) is 3. The highest BCUT2D eigenvalue weighted by molar-refractivity contribution is 7.92. The van der Waals surface area contributed by atoms with Gasteiger partial charge in [-0.2, -0.15) is 10.4 Å². The Balaban J connectivity index is 1.34. The summed E-state index contributed by atoms with van der Waals surface area (Å²) in [4.78, 5) is 4.65. The molecule has 0 aliphatic carbocycles. The molecule has 0 fully saturated rings. The zero-order valence-electron chi connectivity index (χ0n) is 23.3. The van der Waals surface area contributed by atoms with E-state index in [0.717, 1.165) is 67.4 Å². The van der Waals surface area contributed by atoms with Crippen LogP contribution in [-0.2, 0) is 15.4 Å². The minimum atomic E-state index is -3.33.